The van der Waals surface area contributed by atoms with Crippen LogP contribution < -0.4 is 0 Å². The predicted octanol–water partition coefficient (Wildman–Crippen LogP) is 0.123. The summed E-state index contributed by atoms with van der Waals surface area (Å²) in [5, 5.41) is 9.19. The van der Waals surface area contributed by atoms with Gasteiger partial charge in [0.15, 0.2) is 0 Å². The molecule has 0 unspecified atom stereocenters. The van der Waals surface area contributed by atoms with E-state index in [-0.39, 0.29) is 5.48 Å². The van der Waals surface area contributed by atoms with Crippen molar-refractivity contribution >= 4 is 10.1 Å². The minimum absolute atomic E-state index is 0. The first-order valence-corrected chi connectivity index (χ1v) is 4.63. The van der Waals surface area contributed by atoms with Gasteiger partial charge < -0.3 is 10.6 Å². The maximum atomic E-state index is 10.6. The van der Waals surface area contributed by atoms with E-state index >= 15 is 0 Å². The molecule has 0 radical (unpaired) electrons. The summed E-state index contributed by atoms with van der Waals surface area (Å²) in [7, 11) is -4.31. The number of phenolic OH excluding ortho intramolecular Hbond substituents is 1. The Hall–Kier alpha value is -1.11. The van der Waals surface area contributed by atoms with Crippen LogP contribution >= 0.6 is 0 Å². The highest BCUT2D eigenvalue weighted by Gasteiger charge is 2.15. The Morgan fingerprint density at radius 3 is 2.23 bits per heavy atom. The van der Waals surface area contributed by atoms with Crippen molar-refractivity contribution < 1.29 is 23.6 Å². The third kappa shape index (κ3) is 2.41. The summed E-state index contributed by atoms with van der Waals surface area (Å²) in [5.41, 5.74) is 0.408. The molecule has 1 aromatic rings. The summed E-state index contributed by atoms with van der Waals surface area (Å²) < 4.78 is 29.8. The Bertz CT molecular complexity index is 395. The standard InChI is InChI=1S/C7H8O4S.H2O/c1-5-3-2-4-6(7(5)8)12(9,10)11;/h2-4,8H,1H3,(H,9,10,11);1H2. The fraction of sp³-hybridized carbons (Fsp3) is 0.143. The minimum atomic E-state index is -4.31. The molecule has 0 bridgehead atoms. The monoisotopic (exact) mass is 206 g/mol. The first-order valence-electron chi connectivity index (χ1n) is 3.19. The van der Waals surface area contributed by atoms with Gasteiger partial charge in [-0.05, 0) is 18.6 Å². The summed E-state index contributed by atoms with van der Waals surface area (Å²) >= 11 is 0. The van der Waals surface area contributed by atoms with E-state index in [0.29, 0.717) is 5.56 Å². The fourth-order valence-electron chi connectivity index (χ4n) is 0.840. The zero-order valence-corrected chi connectivity index (χ0v) is 7.67. The molecule has 0 aliphatic rings. The molecule has 0 fully saturated rings. The van der Waals surface area contributed by atoms with Gasteiger partial charge in [0.1, 0.15) is 10.6 Å². The van der Waals surface area contributed by atoms with Crippen LogP contribution in [-0.4, -0.2) is 23.6 Å². The third-order valence-corrected chi connectivity index (χ3v) is 2.36. The quantitative estimate of drug-likeness (QED) is 0.636. The second-order valence-electron chi connectivity index (χ2n) is 2.40. The van der Waals surface area contributed by atoms with E-state index in [4.69, 9.17) is 4.55 Å². The van der Waals surface area contributed by atoms with Crippen LogP contribution in [0.1, 0.15) is 5.56 Å². The lowest BCUT2D eigenvalue weighted by atomic mass is 10.2. The summed E-state index contributed by atoms with van der Waals surface area (Å²) in [4.78, 5) is -0.456. The van der Waals surface area contributed by atoms with Gasteiger partial charge in [0.25, 0.3) is 10.1 Å². The second kappa shape index (κ2) is 3.73. The highest BCUT2D eigenvalue weighted by atomic mass is 32.2. The van der Waals surface area contributed by atoms with Crippen LogP contribution in [0.3, 0.4) is 0 Å². The van der Waals surface area contributed by atoms with Gasteiger partial charge in [-0.2, -0.15) is 8.42 Å². The largest absolute Gasteiger partial charge is 0.506 e. The Labute approximate surface area is 75.7 Å². The number of hydrogen-bond acceptors (Lipinski definition) is 3. The van der Waals surface area contributed by atoms with Crippen molar-refractivity contribution in [2.75, 3.05) is 0 Å². The van der Waals surface area contributed by atoms with E-state index < -0.39 is 20.8 Å². The molecule has 5 nitrogen and oxygen atoms in total. The van der Waals surface area contributed by atoms with Crippen LogP contribution in [0.25, 0.3) is 0 Å². The molecule has 1 aromatic carbocycles. The molecule has 13 heavy (non-hydrogen) atoms. The van der Waals surface area contributed by atoms with Crippen LogP contribution in [0, 0.1) is 6.92 Å². The van der Waals surface area contributed by atoms with Crippen LogP contribution in [0.5, 0.6) is 5.75 Å². The smallest absolute Gasteiger partial charge is 0.298 e. The van der Waals surface area contributed by atoms with Gasteiger partial charge in [-0.1, -0.05) is 12.1 Å². The van der Waals surface area contributed by atoms with Gasteiger partial charge in [0, 0.05) is 0 Å². The first-order chi connectivity index (χ1) is 5.43. The summed E-state index contributed by atoms with van der Waals surface area (Å²) in [6, 6.07) is 4.12. The molecule has 1 rings (SSSR count). The molecular weight excluding hydrogens is 196 g/mol. The van der Waals surface area contributed by atoms with Crippen molar-refractivity contribution in [3.05, 3.63) is 23.8 Å². The maximum Gasteiger partial charge on any atom is 0.298 e. The number of para-hydroxylation sites is 1. The molecule has 0 spiro atoms. The zero-order chi connectivity index (χ0) is 9.35. The van der Waals surface area contributed by atoms with Crippen molar-refractivity contribution in [2.45, 2.75) is 11.8 Å². The molecule has 0 atom stereocenters. The van der Waals surface area contributed by atoms with Gasteiger partial charge in [-0.3, -0.25) is 4.55 Å². The summed E-state index contributed by atoms with van der Waals surface area (Å²) in [6.45, 7) is 1.55. The SMILES string of the molecule is Cc1cccc(S(=O)(=O)O)c1O.O. The van der Waals surface area contributed by atoms with Crippen LogP contribution in [0.4, 0.5) is 0 Å². The van der Waals surface area contributed by atoms with Crippen molar-refractivity contribution in [1.29, 1.82) is 0 Å². The Morgan fingerprint density at radius 1 is 1.31 bits per heavy atom. The molecule has 0 saturated heterocycles. The van der Waals surface area contributed by atoms with Crippen molar-refractivity contribution in [1.82, 2.24) is 0 Å². The van der Waals surface area contributed by atoms with E-state index in [9.17, 15) is 13.5 Å². The van der Waals surface area contributed by atoms with Crippen LogP contribution in [0.2, 0.25) is 0 Å². The predicted molar refractivity (Wildman–Crippen MR) is 46.3 cm³/mol. The Balaban J connectivity index is 0.00000144. The lowest BCUT2D eigenvalue weighted by Crippen LogP contribution is -1.98. The van der Waals surface area contributed by atoms with E-state index in [2.05, 4.69) is 0 Å². The van der Waals surface area contributed by atoms with Gasteiger partial charge in [0.05, 0.1) is 0 Å². The summed E-state index contributed by atoms with van der Waals surface area (Å²) in [6.07, 6.45) is 0. The molecule has 6 heteroatoms. The van der Waals surface area contributed by atoms with E-state index in [1.54, 1.807) is 13.0 Å². The van der Waals surface area contributed by atoms with E-state index in [1.165, 1.54) is 6.07 Å². The van der Waals surface area contributed by atoms with E-state index in [0.717, 1.165) is 6.07 Å². The minimum Gasteiger partial charge on any atom is -0.506 e. The highest BCUT2D eigenvalue weighted by molar-refractivity contribution is 7.86. The number of aryl methyl sites for hydroxylation is 1. The molecular formula is C7H10O5S. The normalized spacial score (nSPS) is 10.6. The van der Waals surface area contributed by atoms with Gasteiger partial charge in [0.2, 0.25) is 0 Å². The van der Waals surface area contributed by atoms with E-state index in [1.807, 2.05) is 0 Å². The third-order valence-electron chi connectivity index (χ3n) is 1.48. The Morgan fingerprint density at radius 2 is 1.85 bits per heavy atom. The van der Waals surface area contributed by atoms with Gasteiger partial charge in [-0.25, -0.2) is 0 Å². The Kier molecular flexibility index (Phi) is 3.42. The molecule has 0 amide bonds. The van der Waals surface area contributed by atoms with Crippen LogP contribution in [-0.2, 0) is 10.1 Å². The molecule has 0 saturated carbocycles. The molecule has 4 N–H and O–H groups in total. The molecule has 0 aromatic heterocycles. The molecule has 0 aliphatic carbocycles. The lowest BCUT2D eigenvalue weighted by molar-refractivity contribution is 0.440. The first kappa shape index (κ1) is 11.9. The average Bonchev–Trinajstić information content (AvgIpc) is 1.92. The molecule has 0 aliphatic heterocycles. The molecule has 0 heterocycles. The number of hydrogen-bond donors (Lipinski definition) is 2. The average molecular weight is 206 g/mol. The number of phenols is 1. The second-order valence-corrected chi connectivity index (χ2v) is 3.79. The van der Waals surface area contributed by atoms with Crippen molar-refractivity contribution in [3.8, 4) is 5.75 Å². The highest BCUT2D eigenvalue weighted by Crippen LogP contribution is 2.25. The number of rotatable bonds is 1. The topological polar surface area (TPSA) is 106 Å². The fourth-order valence-corrected chi connectivity index (χ4v) is 1.50. The van der Waals surface area contributed by atoms with Gasteiger partial charge in [-0.15, -0.1) is 0 Å². The van der Waals surface area contributed by atoms with Crippen LogP contribution in [0.15, 0.2) is 23.1 Å². The van der Waals surface area contributed by atoms with Crippen molar-refractivity contribution in [2.24, 2.45) is 0 Å². The molecule has 74 valence electrons. The number of benzene rings is 1. The van der Waals surface area contributed by atoms with Gasteiger partial charge >= 0.3 is 0 Å². The summed E-state index contributed by atoms with van der Waals surface area (Å²) in [5.74, 6) is -0.403. The zero-order valence-electron chi connectivity index (χ0n) is 6.85. The number of aromatic hydroxyl groups is 1. The van der Waals surface area contributed by atoms with Crippen molar-refractivity contribution in [3.63, 3.8) is 0 Å². The lowest BCUT2D eigenvalue weighted by Gasteiger charge is -2.02. The maximum absolute atomic E-state index is 10.6.